The third kappa shape index (κ3) is 3.62. The van der Waals surface area contributed by atoms with E-state index in [1.165, 1.54) is 24.5 Å². The molecule has 0 saturated heterocycles. The number of aromatic nitrogens is 2. The fourth-order valence-electron chi connectivity index (χ4n) is 1.66. The fraction of sp³-hybridized carbons (Fsp3) is 0.308. The van der Waals surface area contributed by atoms with Crippen LogP contribution in [0, 0.1) is 10.1 Å². The molecule has 0 aliphatic heterocycles. The van der Waals surface area contributed by atoms with Crippen LogP contribution in [-0.2, 0) is 4.74 Å². The van der Waals surface area contributed by atoms with E-state index in [4.69, 9.17) is 4.74 Å². The number of nitro groups is 1. The number of anilines is 1. The maximum Gasteiger partial charge on any atom is 0.413 e. The molecule has 0 atom stereocenters. The summed E-state index contributed by atoms with van der Waals surface area (Å²) in [5.74, 6) is 0.240. The number of fused-ring (bicyclic) bond motifs is 1. The maximum atomic E-state index is 11.7. The first-order valence-corrected chi connectivity index (χ1v) is 6.15. The largest absolute Gasteiger partial charge is 0.444 e. The Balaban J connectivity index is 2.33. The Morgan fingerprint density at radius 3 is 2.67 bits per heavy atom. The van der Waals surface area contributed by atoms with Crippen LogP contribution in [0.4, 0.5) is 16.3 Å². The van der Waals surface area contributed by atoms with Gasteiger partial charge in [-0.3, -0.25) is 15.4 Å². The number of nitro benzene ring substituents is 1. The third-order valence-electron chi connectivity index (χ3n) is 2.45. The van der Waals surface area contributed by atoms with E-state index in [1.807, 2.05) is 0 Å². The summed E-state index contributed by atoms with van der Waals surface area (Å²) in [7, 11) is 0. The van der Waals surface area contributed by atoms with E-state index in [0.29, 0.717) is 10.9 Å². The summed E-state index contributed by atoms with van der Waals surface area (Å²) in [5.41, 5.74) is -0.346. The monoisotopic (exact) mass is 290 g/mol. The second kappa shape index (κ2) is 5.31. The summed E-state index contributed by atoms with van der Waals surface area (Å²) in [6, 6.07) is 4.13. The zero-order valence-electron chi connectivity index (χ0n) is 11.8. The minimum atomic E-state index is -0.652. The van der Waals surface area contributed by atoms with Crippen molar-refractivity contribution in [1.82, 2.24) is 9.97 Å². The molecule has 8 nitrogen and oxygen atoms in total. The van der Waals surface area contributed by atoms with Gasteiger partial charge in [0.25, 0.3) is 5.69 Å². The Hall–Kier alpha value is -2.77. The van der Waals surface area contributed by atoms with Gasteiger partial charge in [-0.25, -0.2) is 14.8 Å². The van der Waals surface area contributed by atoms with Gasteiger partial charge >= 0.3 is 6.09 Å². The molecule has 8 heteroatoms. The average Bonchev–Trinajstić information content (AvgIpc) is 2.36. The summed E-state index contributed by atoms with van der Waals surface area (Å²) >= 11 is 0. The van der Waals surface area contributed by atoms with Crippen molar-refractivity contribution in [2.45, 2.75) is 26.4 Å². The topological polar surface area (TPSA) is 107 Å². The Morgan fingerprint density at radius 1 is 1.33 bits per heavy atom. The number of ether oxygens (including phenoxy) is 1. The molecule has 0 radical (unpaired) electrons. The number of hydrogen-bond donors (Lipinski definition) is 1. The average molecular weight is 290 g/mol. The van der Waals surface area contributed by atoms with E-state index in [-0.39, 0.29) is 11.5 Å². The molecular formula is C13H14N4O4. The van der Waals surface area contributed by atoms with E-state index in [2.05, 4.69) is 15.3 Å². The normalized spacial score (nSPS) is 11.2. The number of rotatable bonds is 2. The molecule has 21 heavy (non-hydrogen) atoms. The van der Waals surface area contributed by atoms with Gasteiger partial charge in [-0.1, -0.05) is 0 Å². The molecule has 1 aromatic heterocycles. The molecule has 1 aromatic carbocycles. The summed E-state index contributed by atoms with van der Waals surface area (Å²) in [5, 5.41) is 13.7. The molecule has 0 aliphatic carbocycles. The number of non-ortho nitro benzene ring substituents is 1. The standard InChI is InChI=1S/C13H14N4O4/c1-13(2,3)21-12(18)16-11-9-5-4-8(17(19)20)6-10(9)14-7-15-11/h4-7H,1-3H3,(H,14,15,16,18). The molecule has 0 spiro atoms. The van der Waals surface area contributed by atoms with Crippen LogP contribution < -0.4 is 5.32 Å². The van der Waals surface area contributed by atoms with Gasteiger partial charge in [0.05, 0.1) is 10.4 Å². The minimum absolute atomic E-state index is 0.0792. The molecule has 0 aliphatic rings. The number of amides is 1. The summed E-state index contributed by atoms with van der Waals surface area (Å²) in [6.45, 7) is 5.23. The van der Waals surface area contributed by atoms with E-state index in [1.54, 1.807) is 20.8 Å². The number of hydrogen-bond acceptors (Lipinski definition) is 6. The number of carbonyl (C=O) groups is 1. The van der Waals surface area contributed by atoms with Crippen molar-refractivity contribution in [3.05, 3.63) is 34.6 Å². The zero-order chi connectivity index (χ0) is 15.6. The highest BCUT2D eigenvalue weighted by molar-refractivity contribution is 5.97. The van der Waals surface area contributed by atoms with Gasteiger partial charge in [0.2, 0.25) is 0 Å². The van der Waals surface area contributed by atoms with Crippen LogP contribution in [0.15, 0.2) is 24.5 Å². The second-order valence-corrected chi connectivity index (χ2v) is 5.31. The van der Waals surface area contributed by atoms with Gasteiger partial charge in [-0.15, -0.1) is 0 Å². The lowest BCUT2D eigenvalue weighted by molar-refractivity contribution is -0.384. The van der Waals surface area contributed by atoms with Crippen molar-refractivity contribution in [2.24, 2.45) is 0 Å². The molecular weight excluding hydrogens is 276 g/mol. The summed E-state index contributed by atoms with van der Waals surface area (Å²) < 4.78 is 5.13. The second-order valence-electron chi connectivity index (χ2n) is 5.31. The Labute approximate surface area is 120 Å². The van der Waals surface area contributed by atoms with E-state index >= 15 is 0 Å². The molecule has 1 heterocycles. The Kier molecular flexibility index (Phi) is 3.70. The number of nitrogens with zero attached hydrogens (tertiary/aromatic N) is 3. The first kappa shape index (κ1) is 14.6. The third-order valence-corrected chi connectivity index (χ3v) is 2.45. The lowest BCUT2D eigenvalue weighted by atomic mass is 10.2. The van der Waals surface area contributed by atoms with Crippen LogP contribution in [-0.4, -0.2) is 26.6 Å². The summed E-state index contributed by atoms with van der Waals surface area (Å²) in [6.07, 6.45) is 0.569. The van der Waals surface area contributed by atoms with Crippen molar-refractivity contribution in [3.63, 3.8) is 0 Å². The van der Waals surface area contributed by atoms with Gasteiger partial charge in [0.15, 0.2) is 0 Å². The molecule has 110 valence electrons. The van der Waals surface area contributed by atoms with Crippen LogP contribution in [0.25, 0.3) is 10.9 Å². The first-order valence-electron chi connectivity index (χ1n) is 6.15. The predicted molar refractivity (Wildman–Crippen MR) is 76.0 cm³/mol. The van der Waals surface area contributed by atoms with Crippen molar-refractivity contribution in [1.29, 1.82) is 0 Å². The maximum absolute atomic E-state index is 11.7. The van der Waals surface area contributed by atoms with Gasteiger partial charge in [-0.05, 0) is 26.8 Å². The van der Waals surface area contributed by atoms with E-state index < -0.39 is 16.6 Å². The van der Waals surface area contributed by atoms with Gasteiger partial charge < -0.3 is 4.74 Å². The lowest BCUT2D eigenvalue weighted by Crippen LogP contribution is -2.27. The molecule has 1 amide bonds. The molecule has 0 unspecified atom stereocenters. The SMILES string of the molecule is CC(C)(C)OC(=O)Nc1ncnc2cc([N+](=O)[O-])ccc12. The molecule has 0 bridgehead atoms. The van der Waals surface area contributed by atoms with Crippen molar-refractivity contribution in [2.75, 3.05) is 5.32 Å². The van der Waals surface area contributed by atoms with Crippen LogP contribution in [0.3, 0.4) is 0 Å². The number of nitrogens with one attached hydrogen (secondary N) is 1. The van der Waals surface area contributed by atoms with Crippen molar-refractivity contribution >= 4 is 28.5 Å². The zero-order valence-corrected chi connectivity index (χ0v) is 11.8. The highest BCUT2D eigenvalue weighted by Gasteiger charge is 2.18. The molecule has 1 N–H and O–H groups in total. The van der Waals surface area contributed by atoms with Gasteiger partial charge in [-0.2, -0.15) is 0 Å². The highest BCUT2D eigenvalue weighted by Crippen LogP contribution is 2.24. The van der Waals surface area contributed by atoms with Gasteiger partial charge in [0, 0.05) is 17.5 Å². The molecule has 0 fully saturated rings. The number of benzene rings is 1. The van der Waals surface area contributed by atoms with Gasteiger partial charge in [0.1, 0.15) is 17.7 Å². The first-order chi connectivity index (χ1) is 9.76. The van der Waals surface area contributed by atoms with Crippen LogP contribution in [0.2, 0.25) is 0 Å². The van der Waals surface area contributed by atoms with Crippen LogP contribution in [0.1, 0.15) is 20.8 Å². The molecule has 0 saturated carbocycles. The van der Waals surface area contributed by atoms with Crippen LogP contribution in [0.5, 0.6) is 0 Å². The molecule has 2 rings (SSSR count). The fourth-order valence-corrected chi connectivity index (χ4v) is 1.66. The van der Waals surface area contributed by atoms with Crippen LogP contribution >= 0.6 is 0 Å². The Bertz CT molecular complexity index is 709. The molecule has 2 aromatic rings. The number of carbonyl (C=O) groups excluding carboxylic acids is 1. The minimum Gasteiger partial charge on any atom is -0.444 e. The van der Waals surface area contributed by atoms with E-state index in [0.717, 1.165) is 0 Å². The lowest BCUT2D eigenvalue weighted by Gasteiger charge is -2.19. The van der Waals surface area contributed by atoms with Crippen molar-refractivity contribution < 1.29 is 14.5 Å². The quantitative estimate of drug-likeness (QED) is 0.673. The highest BCUT2D eigenvalue weighted by atomic mass is 16.6. The Morgan fingerprint density at radius 2 is 2.05 bits per heavy atom. The smallest absolute Gasteiger partial charge is 0.413 e. The summed E-state index contributed by atoms with van der Waals surface area (Å²) in [4.78, 5) is 29.9. The van der Waals surface area contributed by atoms with E-state index in [9.17, 15) is 14.9 Å². The van der Waals surface area contributed by atoms with Crippen molar-refractivity contribution in [3.8, 4) is 0 Å². The predicted octanol–water partition coefficient (Wildman–Crippen LogP) is 2.89.